The van der Waals surface area contributed by atoms with Gasteiger partial charge in [0, 0.05) is 12.8 Å². The Bertz CT molecular complexity index is 1430. The van der Waals surface area contributed by atoms with Crippen LogP contribution in [0.4, 0.5) is 0 Å². The summed E-state index contributed by atoms with van der Waals surface area (Å²) in [6, 6.07) is 21.5. The Labute approximate surface area is 274 Å². The number of benzene rings is 3. The Morgan fingerprint density at radius 1 is 0.809 bits per heavy atom. The predicted octanol–water partition coefficient (Wildman–Crippen LogP) is 6.09. The molecule has 1 atom stereocenters. The number of carboxylic acids is 1. The Balaban J connectivity index is 0.00000246. The highest BCUT2D eigenvalue weighted by molar-refractivity contribution is 5.89. The van der Waals surface area contributed by atoms with Crippen molar-refractivity contribution in [3.8, 4) is 5.75 Å². The third-order valence-electron chi connectivity index (χ3n) is 7.01. The summed E-state index contributed by atoms with van der Waals surface area (Å²) < 4.78 is 10.7. The number of hydrogen-bond acceptors (Lipinski definition) is 8. The molecule has 0 bridgehead atoms. The normalized spacial score (nSPS) is 11.2. The van der Waals surface area contributed by atoms with Crippen molar-refractivity contribution in [2.45, 2.75) is 72.5 Å². The van der Waals surface area contributed by atoms with Crippen molar-refractivity contribution in [3.63, 3.8) is 0 Å². The molecule has 0 aliphatic heterocycles. The van der Waals surface area contributed by atoms with Gasteiger partial charge in [-0.25, -0.2) is 10.3 Å². The Morgan fingerprint density at radius 3 is 1.91 bits per heavy atom. The smallest absolute Gasteiger partial charge is 0.338 e. The van der Waals surface area contributed by atoms with Crippen molar-refractivity contribution in [2.75, 3.05) is 0 Å². The highest BCUT2D eigenvalue weighted by atomic mass is 16.6. The van der Waals surface area contributed by atoms with Crippen molar-refractivity contribution >= 4 is 30.3 Å². The molecule has 0 heterocycles. The second-order valence-electron chi connectivity index (χ2n) is 11.5. The average Bonchev–Trinajstić information content (AvgIpc) is 3.04. The summed E-state index contributed by atoms with van der Waals surface area (Å²) in [5.74, 6) is -1.73. The summed E-state index contributed by atoms with van der Waals surface area (Å²) in [5.41, 5.74) is 6.55. The molecule has 0 saturated heterocycles. The quantitative estimate of drug-likeness (QED) is 0.0715. The third-order valence-corrected chi connectivity index (χ3v) is 7.01. The molecular weight excluding hydrogens is 606 g/mol. The maximum Gasteiger partial charge on any atom is 0.338 e. The van der Waals surface area contributed by atoms with Gasteiger partial charge in [0.15, 0.2) is 0 Å². The van der Waals surface area contributed by atoms with Crippen LogP contribution < -0.4 is 10.2 Å². The van der Waals surface area contributed by atoms with Crippen LogP contribution in [0, 0.1) is 11.8 Å². The van der Waals surface area contributed by atoms with Crippen LogP contribution in [0.2, 0.25) is 0 Å². The predicted molar refractivity (Wildman–Crippen MR) is 173 cm³/mol. The summed E-state index contributed by atoms with van der Waals surface area (Å²) in [4.78, 5) is 61.8. The Hall–Kier alpha value is -5.03. The number of hydrogen-bond donors (Lipinski definition) is 3. The fourth-order valence-corrected chi connectivity index (χ4v) is 4.34. The zero-order valence-electron chi connectivity index (χ0n) is 27.1. The van der Waals surface area contributed by atoms with Crippen molar-refractivity contribution in [2.24, 2.45) is 11.8 Å². The fraction of sp³-hybridized carbons (Fsp3) is 0.361. The lowest BCUT2D eigenvalue weighted by molar-refractivity contribution is -0.139. The van der Waals surface area contributed by atoms with Gasteiger partial charge in [-0.15, -0.1) is 0 Å². The largest absolute Gasteiger partial charge is 0.483 e. The molecule has 1 unspecified atom stereocenters. The number of rotatable bonds is 16. The third kappa shape index (κ3) is 14.7. The van der Waals surface area contributed by atoms with E-state index in [9.17, 15) is 24.3 Å². The summed E-state index contributed by atoms with van der Waals surface area (Å²) in [7, 11) is 0. The second-order valence-corrected chi connectivity index (χ2v) is 11.5. The van der Waals surface area contributed by atoms with Crippen LogP contribution in [0.5, 0.6) is 5.75 Å². The minimum Gasteiger partial charge on any atom is -0.483 e. The maximum atomic E-state index is 12.6. The Kier molecular flexibility index (Phi) is 16.4. The highest BCUT2D eigenvalue weighted by Gasteiger charge is 2.17. The number of carbonyl (C=O) groups is 5. The molecule has 0 aliphatic carbocycles. The number of esters is 2. The van der Waals surface area contributed by atoms with E-state index < -0.39 is 11.9 Å². The molecule has 0 fully saturated rings. The molecule has 252 valence electrons. The number of nitrogens with one attached hydrogen (secondary N) is 1. The lowest BCUT2D eigenvalue weighted by Gasteiger charge is -2.15. The van der Waals surface area contributed by atoms with E-state index in [2.05, 4.69) is 19.3 Å². The minimum atomic E-state index is -0.942. The first-order valence-corrected chi connectivity index (χ1v) is 15.3. The molecular formula is C36H43NO10. The van der Waals surface area contributed by atoms with Crippen molar-refractivity contribution < 1.29 is 48.5 Å². The SMILES string of the molecule is CC(C)C(=O)Oc1ccc(COC(=O)c2ccc(CC(CCC(=O)NOCc3ccc(C(C)C)cc3)CC(=O)O)cc2)cc1.O=CO. The number of carbonyl (C=O) groups excluding carboxylic acids is 3. The van der Waals surface area contributed by atoms with E-state index in [-0.39, 0.29) is 56.2 Å². The van der Waals surface area contributed by atoms with Gasteiger partial charge in [-0.1, -0.05) is 76.2 Å². The number of aliphatic carboxylic acids is 1. The van der Waals surface area contributed by atoms with Crippen LogP contribution in [0.3, 0.4) is 0 Å². The van der Waals surface area contributed by atoms with Gasteiger partial charge >= 0.3 is 17.9 Å². The maximum absolute atomic E-state index is 12.6. The number of amides is 1. The average molecular weight is 650 g/mol. The molecule has 0 spiro atoms. The van der Waals surface area contributed by atoms with Crippen LogP contribution in [-0.2, 0) is 48.4 Å². The summed E-state index contributed by atoms with van der Waals surface area (Å²) in [5, 5.41) is 16.3. The van der Waals surface area contributed by atoms with Gasteiger partial charge in [0.1, 0.15) is 12.4 Å². The molecule has 0 saturated carbocycles. The van der Waals surface area contributed by atoms with Gasteiger partial charge in [-0.3, -0.25) is 24.0 Å². The van der Waals surface area contributed by atoms with E-state index in [1.807, 2.05) is 24.3 Å². The van der Waals surface area contributed by atoms with E-state index in [0.29, 0.717) is 30.1 Å². The van der Waals surface area contributed by atoms with E-state index >= 15 is 0 Å². The molecule has 3 aromatic rings. The van der Waals surface area contributed by atoms with Crippen LogP contribution >= 0.6 is 0 Å². The second kappa shape index (κ2) is 20.2. The molecule has 3 rings (SSSR count). The van der Waals surface area contributed by atoms with Gasteiger partial charge in [0.05, 0.1) is 18.1 Å². The number of hydroxylamine groups is 1. The van der Waals surface area contributed by atoms with E-state index in [0.717, 1.165) is 16.7 Å². The van der Waals surface area contributed by atoms with Crippen LogP contribution in [-0.4, -0.2) is 40.5 Å². The van der Waals surface area contributed by atoms with Crippen LogP contribution in [0.15, 0.2) is 72.8 Å². The van der Waals surface area contributed by atoms with Gasteiger partial charge in [0.2, 0.25) is 5.91 Å². The van der Waals surface area contributed by atoms with E-state index in [4.69, 9.17) is 24.2 Å². The summed E-state index contributed by atoms with van der Waals surface area (Å²) in [6.45, 7) is 7.79. The van der Waals surface area contributed by atoms with Crippen molar-refractivity contribution in [3.05, 3.63) is 101 Å². The zero-order chi connectivity index (χ0) is 34.8. The lowest BCUT2D eigenvalue weighted by atomic mass is 9.91. The molecule has 3 aromatic carbocycles. The first-order valence-electron chi connectivity index (χ1n) is 15.3. The van der Waals surface area contributed by atoms with Crippen molar-refractivity contribution in [1.29, 1.82) is 0 Å². The van der Waals surface area contributed by atoms with E-state index in [1.165, 1.54) is 5.56 Å². The molecule has 1 amide bonds. The zero-order valence-corrected chi connectivity index (χ0v) is 27.1. The van der Waals surface area contributed by atoms with Gasteiger partial charge in [-0.05, 0) is 71.2 Å². The van der Waals surface area contributed by atoms with Gasteiger partial charge < -0.3 is 19.7 Å². The van der Waals surface area contributed by atoms with Crippen molar-refractivity contribution in [1.82, 2.24) is 5.48 Å². The molecule has 11 nitrogen and oxygen atoms in total. The van der Waals surface area contributed by atoms with Gasteiger partial charge in [0.25, 0.3) is 6.47 Å². The molecule has 3 N–H and O–H groups in total. The fourth-order valence-electron chi connectivity index (χ4n) is 4.34. The number of ether oxygens (including phenoxy) is 2. The van der Waals surface area contributed by atoms with Crippen LogP contribution in [0.1, 0.15) is 85.5 Å². The molecule has 0 radical (unpaired) electrons. The standard InChI is InChI=1S/C35H41NO8.CH2O2/c1-23(2)29-12-7-27(8-13-29)22-43-36-32(37)18-11-28(20-33(38)39)19-25-5-14-30(15-6-25)35(41)42-21-26-9-16-31(17-10-26)44-34(40)24(3)4;2-1-3/h5-10,12-17,23-24,28H,11,18-22H2,1-4H3,(H,36,37)(H,38,39);1H,(H,2,3). The highest BCUT2D eigenvalue weighted by Crippen LogP contribution is 2.20. The Morgan fingerprint density at radius 2 is 1.36 bits per heavy atom. The van der Waals surface area contributed by atoms with Gasteiger partial charge in [-0.2, -0.15) is 0 Å². The first kappa shape index (κ1) is 38.2. The molecule has 0 aliphatic rings. The number of carboxylic acid groups (broad SMARTS) is 2. The topological polar surface area (TPSA) is 166 Å². The molecule has 0 aromatic heterocycles. The minimum absolute atomic E-state index is 0.0515. The van der Waals surface area contributed by atoms with Crippen LogP contribution in [0.25, 0.3) is 0 Å². The first-order chi connectivity index (χ1) is 22.4. The monoisotopic (exact) mass is 649 g/mol. The van der Waals surface area contributed by atoms with E-state index in [1.54, 1.807) is 62.4 Å². The summed E-state index contributed by atoms with van der Waals surface area (Å²) in [6.07, 6.45) is 0.834. The molecule has 11 heteroatoms. The summed E-state index contributed by atoms with van der Waals surface area (Å²) >= 11 is 0. The lowest BCUT2D eigenvalue weighted by Crippen LogP contribution is -2.24. The molecule has 47 heavy (non-hydrogen) atoms.